The van der Waals surface area contributed by atoms with E-state index in [9.17, 15) is 0 Å². The van der Waals surface area contributed by atoms with Gasteiger partial charge in [0, 0.05) is 0 Å². The van der Waals surface area contributed by atoms with E-state index in [0.29, 0.717) is 0 Å². The van der Waals surface area contributed by atoms with Crippen LogP contribution in [-0.2, 0) is 0 Å². The fourth-order valence-electron chi connectivity index (χ4n) is 0. The number of hydrogen-bond acceptors (Lipinski definition) is 0. The van der Waals surface area contributed by atoms with Gasteiger partial charge in [-0.25, -0.2) is 0 Å². The summed E-state index contributed by atoms with van der Waals surface area (Å²) in [6.07, 6.45) is 0. The molecule has 0 radical (unpaired) electrons. The van der Waals surface area contributed by atoms with Crippen molar-refractivity contribution in [2.75, 3.05) is 0 Å². The van der Waals surface area contributed by atoms with Crippen molar-refractivity contribution < 1.29 is 51.5 Å². The van der Waals surface area contributed by atoms with Crippen LogP contribution in [0.5, 0.6) is 0 Å². The molecular formula is H8NaO4+. The first-order chi connectivity index (χ1) is 0. The summed E-state index contributed by atoms with van der Waals surface area (Å²) in [5.74, 6) is 0. The van der Waals surface area contributed by atoms with Crippen LogP contribution >= 0.6 is 0 Å². The second kappa shape index (κ2) is 101. The van der Waals surface area contributed by atoms with Gasteiger partial charge in [-0.1, -0.05) is 0 Å². The molecule has 0 aliphatic rings. The molecule has 0 aliphatic heterocycles. The topological polar surface area (TPSA) is 126 Å². The molecule has 32 valence electrons. The molecule has 0 bridgehead atoms. The van der Waals surface area contributed by atoms with E-state index in [-0.39, 0.29) is 51.5 Å². The molecule has 0 heterocycles. The summed E-state index contributed by atoms with van der Waals surface area (Å²) in [6.45, 7) is 0. The van der Waals surface area contributed by atoms with Gasteiger partial charge < -0.3 is 21.9 Å². The van der Waals surface area contributed by atoms with Crippen LogP contribution in [-0.4, -0.2) is 21.9 Å². The van der Waals surface area contributed by atoms with Crippen LogP contribution in [0.1, 0.15) is 0 Å². The van der Waals surface area contributed by atoms with Gasteiger partial charge in [-0.05, 0) is 0 Å². The molecule has 0 rings (SSSR count). The van der Waals surface area contributed by atoms with Crippen LogP contribution in [0.4, 0.5) is 0 Å². The SMILES string of the molecule is O.O.O.O.[Na+]. The predicted molar refractivity (Wildman–Crippen MR) is 14.5 cm³/mol. The van der Waals surface area contributed by atoms with Gasteiger partial charge in [0.1, 0.15) is 0 Å². The molecule has 0 unspecified atom stereocenters. The summed E-state index contributed by atoms with van der Waals surface area (Å²) in [5.41, 5.74) is 0. The minimum absolute atomic E-state index is 0. The first kappa shape index (κ1) is 194. The second-order valence-corrected chi connectivity index (χ2v) is 0. The molecule has 0 amide bonds. The molecule has 0 atom stereocenters. The Hall–Kier alpha value is 0.840. The van der Waals surface area contributed by atoms with Crippen LogP contribution < -0.4 is 29.6 Å². The minimum atomic E-state index is 0. The maximum Gasteiger partial charge on any atom is 1.00 e. The van der Waals surface area contributed by atoms with E-state index < -0.39 is 0 Å². The van der Waals surface area contributed by atoms with Gasteiger partial charge >= 0.3 is 29.6 Å². The van der Waals surface area contributed by atoms with E-state index in [1.807, 2.05) is 0 Å². The molecule has 0 saturated heterocycles. The number of rotatable bonds is 0. The maximum absolute atomic E-state index is 0. The second-order valence-electron chi connectivity index (χ2n) is 0. The maximum atomic E-state index is 0. The third-order valence-electron chi connectivity index (χ3n) is 0. The van der Waals surface area contributed by atoms with Crippen molar-refractivity contribution in [3.05, 3.63) is 0 Å². The van der Waals surface area contributed by atoms with Gasteiger partial charge in [0.25, 0.3) is 0 Å². The molecule has 0 aliphatic carbocycles. The van der Waals surface area contributed by atoms with Crippen molar-refractivity contribution in [3.8, 4) is 0 Å². The molecule has 5 heteroatoms. The van der Waals surface area contributed by atoms with Gasteiger partial charge in [0.15, 0.2) is 0 Å². The molecule has 5 heavy (non-hydrogen) atoms. The summed E-state index contributed by atoms with van der Waals surface area (Å²) in [4.78, 5) is 0. The van der Waals surface area contributed by atoms with Gasteiger partial charge in [0.2, 0.25) is 0 Å². The minimum Gasteiger partial charge on any atom is -0.412 e. The van der Waals surface area contributed by atoms with Crippen molar-refractivity contribution in [3.63, 3.8) is 0 Å². The molecule has 8 N–H and O–H groups in total. The van der Waals surface area contributed by atoms with Crippen molar-refractivity contribution in [2.24, 2.45) is 0 Å². The van der Waals surface area contributed by atoms with Gasteiger partial charge in [0.05, 0.1) is 0 Å². The molecule has 0 aromatic heterocycles. The quantitative estimate of drug-likeness (QED) is 0.265. The van der Waals surface area contributed by atoms with Crippen LogP contribution in [0.25, 0.3) is 0 Å². The third-order valence-corrected chi connectivity index (χ3v) is 0. The summed E-state index contributed by atoms with van der Waals surface area (Å²) in [5, 5.41) is 0. The number of hydrogen-bond donors (Lipinski definition) is 0. The van der Waals surface area contributed by atoms with E-state index >= 15 is 0 Å². The standard InChI is InChI=1S/Na.4H2O/h;4*1H2/q+1;;;;. The van der Waals surface area contributed by atoms with Crippen molar-refractivity contribution in [2.45, 2.75) is 0 Å². The molecule has 0 fully saturated rings. The van der Waals surface area contributed by atoms with Crippen molar-refractivity contribution in [1.29, 1.82) is 0 Å². The molecule has 0 spiro atoms. The Labute approximate surface area is 51.7 Å². The van der Waals surface area contributed by atoms with Crippen LogP contribution in [0, 0.1) is 0 Å². The van der Waals surface area contributed by atoms with Crippen LogP contribution in [0.3, 0.4) is 0 Å². The van der Waals surface area contributed by atoms with E-state index in [1.165, 1.54) is 0 Å². The monoisotopic (exact) mass is 95.0 g/mol. The average molecular weight is 95.0 g/mol. The first-order valence-corrected chi connectivity index (χ1v) is 0. The third kappa shape index (κ3) is 55.3. The predicted octanol–water partition coefficient (Wildman–Crippen LogP) is -6.29. The Bertz CT molecular complexity index is 3.61. The van der Waals surface area contributed by atoms with Gasteiger partial charge in [-0.3, -0.25) is 0 Å². The van der Waals surface area contributed by atoms with Crippen molar-refractivity contribution in [1.82, 2.24) is 0 Å². The van der Waals surface area contributed by atoms with E-state index in [4.69, 9.17) is 0 Å². The van der Waals surface area contributed by atoms with Gasteiger partial charge in [-0.15, -0.1) is 0 Å². The largest absolute Gasteiger partial charge is 1.00 e. The summed E-state index contributed by atoms with van der Waals surface area (Å²) < 4.78 is 0. The first-order valence-electron chi connectivity index (χ1n) is 0. The normalized spacial score (nSPS) is 0. The smallest absolute Gasteiger partial charge is 0.412 e. The Morgan fingerprint density at radius 1 is 0.400 bits per heavy atom. The molecule has 0 aromatic carbocycles. The zero-order chi connectivity index (χ0) is 0. The fraction of sp³-hybridized carbons (Fsp3) is 0. The van der Waals surface area contributed by atoms with Crippen molar-refractivity contribution >= 4 is 0 Å². The van der Waals surface area contributed by atoms with Gasteiger partial charge in [-0.2, -0.15) is 0 Å². The van der Waals surface area contributed by atoms with E-state index in [0.717, 1.165) is 0 Å². The molecule has 0 saturated carbocycles. The van der Waals surface area contributed by atoms with Crippen LogP contribution in [0.15, 0.2) is 0 Å². The van der Waals surface area contributed by atoms with E-state index in [1.54, 1.807) is 0 Å². The molecule has 0 aromatic rings. The molecular weight excluding hydrogens is 87.0 g/mol. The Balaban J connectivity index is 0. The Kier molecular flexibility index (Phi) is 3920. The average Bonchev–Trinajstić information content (AvgIpc) is 0. The summed E-state index contributed by atoms with van der Waals surface area (Å²) >= 11 is 0. The Morgan fingerprint density at radius 2 is 0.400 bits per heavy atom. The Morgan fingerprint density at radius 3 is 0.400 bits per heavy atom. The zero-order valence-corrected chi connectivity index (χ0v) is 5.00. The van der Waals surface area contributed by atoms with Crippen LogP contribution in [0.2, 0.25) is 0 Å². The molecule has 4 nitrogen and oxygen atoms in total. The summed E-state index contributed by atoms with van der Waals surface area (Å²) in [6, 6.07) is 0. The van der Waals surface area contributed by atoms with E-state index in [2.05, 4.69) is 0 Å². The fourth-order valence-corrected chi connectivity index (χ4v) is 0. The summed E-state index contributed by atoms with van der Waals surface area (Å²) in [7, 11) is 0. The zero-order valence-electron chi connectivity index (χ0n) is 3.00.